The summed E-state index contributed by atoms with van der Waals surface area (Å²) in [4.78, 5) is 11.1. The van der Waals surface area contributed by atoms with E-state index in [-0.39, 0.29) is 11.9 Å². The Morgan fingerprint density at radius 2 is 2.14 bits per heavy atom. The topological polar surface area (TPSA) is 55.1 Å². The molecule has 0 heterocycles. The van der Waals surface area contributed by atoms with E-state index in [4.69, 9.17) is 5.73 Å². The average Bonchev–Trinajstić information content (AvgIpc) is 2.10. The predicted molar refractivity (Wildman–Crippen MR) is 63.4 cm³/mol. The van der Waals surface area contributed by atoms with Crippen LogP contribution < -0.4 is 11.1 Å². The Kier molecular flexibility index (Phi) is 7.99. The van der Waals surface area contributed by atoms with Crippen LogP contribution in [0, 0.1) is 5.92 Å². The summed E-state index contributed by atoms with van der Waals surface area (Å²) in [6.07, 6.45) is 3.96. The van der Waals surface area contributed by atoms with Crippen LogP contribution in [0.5, 0.6) is 0 Å². The SMILES string of the molecule is CSCCCC(NCC(C)C)C(N)=O. The summed E-state index contributed by atoms with van der Waals surface area (Å²) >= 11 is 1.80. The van der Waals surface area contributed by atoms with Gasteiger partial charge in [-0.15, -0.1) is 0 Å². The number of nitrogens with one attached hydrogen (secondary N) is 1. The van der Waals surface area contributed by atoms with E-state index in [0.717, 1.165) is 25.1 Å². The molecule has 0 spiro atoms. The fourth-order valence-electron chi connectivity index (χ4n) is 1.15. The molecule has 0 aliphatic heterocycles. The number of rotatable bonds is 8. The first-order valence-electron chi connectivity index (χ1n) is 5.09. The molecule has 0 saturated carbocycles. The molecule has 1 unspecified atom stereocenters. The van der Waals surface area contributed by atoms with Crippen LogP contribution in [-0.4, -0.2) is 30.5 Å². The van der Waals surface area contributed by atoms with Crippen LogP contribution in [0.25, 0.3) is 0 Å². The summed E-state index contributed by atoms with van der Waals surface area (Å²) < 4.78 is 0. The Labute approximate surface area is 91.2 Å². The highest BCUT2D eigenvalue weighted by Gasteiger charge is 2.13. The molecule has 0 saturated heterocycles. The Hall–Kier alpha value is -0.220. The van der Waals surface area contributed by atoms with E-state index in [2.05, 4.69) is 25.4 Å². The molecule has 0 aliphatic carbocycles. The molecular formula is C10H22N2OS. The second-order valence-corrected chi connectivity index (χ2v) is 4.88. The van der Waals surface area contributed by atoms with E-state index in [0.29, 0.717) is 5.92 Å². The van der Waals surface area contributed by atoms with Crippen molar-refractivity contribution in [2.24, 2.45) is 11.7 Å². The van der Waals surface area contributed by atoms with Crippen molar-refractivity contribution in [3.63, 3.8) is 0 Å². The lowest BCUT2D eigenvalue weighted by Crippen LogP contribution is -2.42. The smallest absolute Gasteiger partial charge is 0.234 e. The quantitative estimate of drug-likeness (QED) is 0.603. The Morgan fingerprint density at radius 1 is 1.50 bits per heavy atom. The zero-order valence-electron chi connectivity index (χ0n) is 9.38. The van der Waals surface area contributed by atoms with Crippen molar-refractivity contribution < 1.29 is 4.79 Å². The van der Waals surface area contributed by atoms with Gasteiger partial charge < -0.3 is 11.1 Å². The van der Waals surface area contributed by atoms with Gasteiger partial charge in [-0.2, -0.15) is 11.8 Å². The van der Waals surface area contributed by atoms with Crippen molar-refractivity contribution in [1.29, 1.82) is 0 Å². The lowest BCUT2D eigenvalue weighted by atomic mass is 10.1. The molecule has 0 aromatic carbocycles. The molecule has 3 nitrogen and oxygen atoms in total. The van der Waals surface area contributed by atoms with E-state index in [9.17, 15) is 4.79 Å². The molecule has 14 heavy (non-hydrogen) atoms. The number of hydrogen-bond acceptors (Lipinski definition) is 3. The molecule has 0 aliphatic rings. The van der Waals surface area contributed by atoms with Crippen LogP contribution in [0.4, 0.5) is 0 Å². The highest BCUT2D eigenvalue weighted by atomic mass is 32.2. The molecule has 0 bridgehead atoms. The van der Waals surface area contributed by atoms with Crippen molar-refractivity contribution in [3.8, 4) is 0 Å². The minimum absolute atomic E-state index is 0.149. The second-order valence-electron chi connectivity index (χ2n) is 3.89. The normalized spacial score (nSPS) is 13.1. The second kappa shape index (κ2) is 8.12. The van der Waals surface area contributed by atoms with Crippen LogP contribution in [-0.2, 0) is 4.79 Å². The van der Waals surface area contributed by atoms with Crippen molar-refractivity contribution in [3.05, 3.63) is 0 Å². The molecule has 0 fully saturated rings. The van der Waals surface area contributed by atoms with Crippen LogP contribution >= 0.6 is 11.8 Å². The zero-order chi connectivity index (χ0) is 11.0. The standard InChI is InChI=1S/C10H22N2OS/c1-8(2)7-12-9(10(11)13)5-4-6-14-3/h8-9,12H,4-7H2,1-3H3,(H2,11,13). The van der Waals surface area contributed by atoms with E-state index in [1.165, 1.54) is 0 Å². The fourth-order valence-corrected chi connectivity index (χ4v) is 1.61. The van der Waals surface area contributed by atoms with E-state index >= 15 is 0 Å². The Balaban J connectivity index is 3.72. The number of nitrogens with two attached hydrogens (primary N) is 1. The highest BCUT2D eigenvalue weighted by molar-refractivity contribution is 7.98. The molecule has 4 heteroatoms. The van der Waals surface area contributed by atoms with Gasteiger partial charge in [0.2, 0.25) is 5.91 Å². The summed E-state index contributed by atoms with van der Waals surface area (Å²) in [6, 6.07) is -0.149. The molecule has 1 atom stereocenters. The van der Waals surface area contributed by atoms with Crippen LogP contribution in [0.3, 0.4) is 0 Å². The Bertz CT molecular complexity index is 162. The molecule has 3 N–H and O–H groups in total. The van der Waals surface area contributed by atoms with Gasteiger partial charge in [0.25, 0.3) is 0 Å². The van der Waals surface area contributed by atoms with Gasteiger partial charge in [0.1, 0.15) is 0 Å². The Morgan fingerprint density at radius 3 is 2.57 bits per heavy atom. The van der Waals surface area contributed by atoms with E-state index < -0.39 is 0 Å². The largest absolute Gasteiger partial charge is 0.368 e. The maximum atomic E-state index is 11.1. The monoisotopic (exact) mass is 218 g/mol. The first-order chi connectivity index (χ1) is 6.57. The first-order valence-corrected chi connectivity index (χ1v) is 6.49. The predicted octanol–water partition coefficient (Wildman–Crippen LogP) is 1.23. The number of carbonyl (C=O) groups is 1. The number of primary amides is 1. The van der Waals surface area contributed by atoms with Crippen LogP contribution in [0.15, 0.2) is 0 Å². The zero-order valence-corrected chi connectivity index (χ0v) is 10.2. The lowest BCUT2D eigenvalue weighted by molar-refractivity contribution is -0.120. The molecule has 1 amide bonds. The molecular weight excluding hydrogens is 196 g/mol. The van der Waals surface area contributed by atoms with E-state index in [1.807, 2.05) is 0 Å². The van der Waals surface area contributed by atoms with Gasteiger partial charge in [-0.05, 0) is 37.3 Å². The van der Waals surface area contributed by atoms with Gasteiger partial charge in [-0.3, -0.25) is 4.79 Å². The molecule has 0 radical (unpaired) electrons. The summed E-state index contributed by atoms with van der Waals surface area (Å²) in [5.41, 5.74) is 5.30. The third-order valence-electron chi connectivity index (χ3n) is 1.96. The van der Waals surface area contributed by atoms with Gasteiger partial charge in [-0.25, -0.2) is 0 Å². The minimum Gasteiger partial charge on any atom is -0.368 e. The summed E-state index contributed by atoms with van der Waals surface area (Å²) in [7, 11) is 0. The van der Waals surface area contributed by atoms with E-state index in [1.54, 1.807) is 11.8 Å². The summed E-state index contributed by atoms with van der Waals surface area (Å²) in [5.74, 6) is 1.41. The van der Waals surface area contributed by atoms with Crippen molar-refractivity contribution >= 4 is 17.7 Å². The van der Waals surface area contributed by atoms with Crippen molar-refractivity contribution in [2.75, 3.05) is 18.6 Å². The highest BCUT2D eigenvalue weighted by Crippen LogP contribution is 2.03. The summed E-state index contributed by atoms with van der Waals surface area (Å²) in [5, 5.41) is 3.19. The van der Waals surface area contributed by atoms with Crippen LogP contribution in [0.2, 0.25) is 0 Å². The fraction of sp³-hybridized carbons (Fsp3) is 0.900. The summed E-state index contributed by atoms with van der Waals surface area (Å²) in [6.45, 7) is 5.09. The molecule has 0 rings (SSSR count). The van der Waals surface area contributed by atoms with Gasteiger partial charge >= 0.3 is 0 Å². The van der Waals surface area contributed by atoms with Gasteiger partial charge in [0, 0.05) is 0 Å². The third kappa shape index (κ3) is 7.21. The maximum absolute atomic E-state index is 11.1. The number of thioether (sulfide) groups is 1. The van der Waals surface area contributed by atoms with Crippen molar-refractivity contribution in [2.45, 2.75) is 32.7 Å². The molecule has 84 valence electrons. The first kappa shape index (κ1) is 13.8. The number of carbonyl (C=O) groups excluding carboxylic acids is 1. The maximum Gasteiger partial charge on any atom is 0.234 e. The number of hydrogen-bond donors (Lipinski definition) is 2. The van der Waals surface area contributed by atoms with Crippen LogP contribution in [0.1, 0.15) is 26.7 Å². The minimum atomic E-state index is -0.230. The van der Waals surface area contributed by atoms with Gasteiger partial charge in [-0.1, -0.05) is 13.8 Å². The third-order valence-corrected chi connectivity index (χ3v) is 2.65. The average molecular weight is 218 g/mol. The van der Waals surface area contributed by atoms with Gasteiger partial charge in [0.05, 0.1) is 6.04 Å². The molecule has 0 aromatic rings. The molecule has 0 aromatic heterocycles. The van der Waals surface area contributed by atoms with Crippen molar-refractivity contribution in [1.82, 2.24) is 5.32 Å². The number of amides is 1. The van der Waals surface area contributed by atoms with Gasteiger partial charge in [0.15, 0.2) is 0 Å². The lowest BCUT2D eigenvalue weighted by Gasteiger charge is -2.16.